The van der Waals surface area contributed by atoms with Gasteiger partial charge < -0.3 is 24.4 Å². The number of aliphatic hydroxyl groups excluding tert-OH is 2. The van der Waals surface area contributed by atoms with E-state index in [4.69, 9.17) is 14.2 Å². The number of rotatable bonds is 23. The van der Waals surface area contributed by atoms with Crippen LogP contribution in [0.4, 0.5) is 0 Å². The zero-order chi connectivity index (χ0) is 41.4. The molecule has 4 rings (SSSR count). The van der Waals surface area contributed by atoms with Crippen molar-refractivity contribution in [3.05, 3.63) is 101 Å². The van der Waals surface area contributed by atoms with Crippen LogP contribution in [0.3, 0.4) is 0 Å². The Kier molecular flexibility index (Phi) is 18.1. The lowest BCUT2D eigenvalue weighted by molar-refractivity contribution is -0.139. The SMILES string of the molecule is C=C(C)C(=O)OCCCc1cc(-c2ccc(-c3ccc(C4CCC(C)CC4)cc3)cc2CC)cc(CCCOC(=O)C(=C)C)c1OCCC(CO)(CO)CCCC. The largest absolute Gasteiger partial charge is 0.493 e. The molecule has 0 spiro atoms. The highest BCUT2D eigenvalue weighted by Gasteiger charge is 2.29. The number of benzene rings is 3. The van der Waals surface area contributed by atoms with Crippen molar-refractivity contribution in [2.75, 3.05) is 33.0 Å². The lowest BCUT2D eigenvalue weighted by Gasteiger charge is -2.30. The Balaban J connectivity index is 1.70. The molecule has 3 aromatic carbocycles. The van der Waals surface area contributed by atoms with Gasteiger partial charge >= 0.3 is 11.9 Å². The van der Waals surface area contributed by atoms with Crippen LogP contribution in [0.2, 0.25) is 0 Å². The Morgan fingerprint density at radius 2 is 1.25 bits per heavy atom. The number of aryl methyl sites for hydroxylation is 3. The minimum absolute atomic E-state index is 0.118. The normalized spacial score (nSPS) is 15.6. The van der Waals surface area contributed by atoms with E-state index in [1.165, 1.54) is 47.9 Å². The summed E-state index contributed by atoms with van der Waals surface area (Å²) < 4.78 is 17.6. The van der Waals surface area contributed by atoms with Crippen LogP contribution in [-0.2, 0) is 38.3 Å². The molecule has 0 heterocycles. The highest BCUT2D eigenvalue weighted by molar-refractivity contribution is 5.87. The Morgan fingerprint density at radius 3 is 1.75 bits per heavy atom. The topological polar surface area (TPSA) is 102 Å². The van der Waals surface area contributed by atoms with Crippen LogP contribution >= 0.6 is 0 Å². The lowest BCUT2D eigenvalue weighted by atomic mass is 9.79. The Morgan fingerprint density at radius 1 is 0.702 bits per heavy atom. The number of hydrogen-bond acceptors (Lipinski definition) is 7. The summed E-state index contributed by atoms with van der Waals surface area (Å²) in [5.41, 5.74) is 9.36. The van der Waals surface area contributed by atoms with Crippen molar-refractivity contribution in [3.8, 4) is 28.0 Å². The van der Waals surface area contributed by atoms with Gasteiger partial charge in [0.25, 0.3) is 0 Å². The number of aliphatic hydroxyl groups is 2. The number of unbranched alkanes of at least 4 members (excludes halogenated alkanes) is 1. The molecule has 0 saturated heterocycles. The molecule has 310 valence electrons. The van der Waals surface area contributed by atoms with Crippen molar-refractivity contribution >= 4 is 11.9 Å². The quantitative estimate of drug-likeness (QED) is 0.0561. The third-order valence-electron chi connectivity index (χ3n) is 11.7. The summed E-state index contributed by atoms with van der Waals surface area (Å²) in [6.07, 6.45) is 11.4. The van der Waals surface area contributed by atoms with Gasteiger partial charge in [0, 0.05) is 16.6 Å². The summed E-state index contributed by atoms with van der Waals surface area (Å²) in [7, 11) is 0. The number of carbonyl (C=O) groups is 2. The van der Waals surface area contributed by atoms with Crippen molar-refractivity contribution in [2.45, 2.75) is 124 Å². The molecule has 7 heteroatoms. The maximum absolute atomic E-state index is 12.2. The number of esters is 2. The van der Waals surface area contributed by atoms with Gasteiger partial charge in [-0.15, -0.1) is 0 Å². The summed E-state index contributed by atoms with van der Waals surface area (Å²) in [6.45, 7) is 17.9. The molecule has 1 fully saturated rings. The van der Waals surface area contributed by atoms with Gasteiger partial charge in [-0.3, -0.25) is 0 Å². The molecule has 2 N–H and O–H groups in total. The first-order chi connectivity index (χ1) is 27.4. The second kappa shape index (κ2) is 22.7. The van der Waals surface area contributed by atoms with Crippen LogP contribution in [0.15, 0.2) is 78.9 Å². The van der Waals surface area contributed by atoms with Crippen molar-refractivity contribution < 1.29 is 34.0 Å². The zero-order valence-corrected chi connectivity index (χ0v) is 35.4. The van der Waals surface area contributed by atoms with Gasteiger partial charge in [-0.1, -0.05) is 102 Å². The van der Waals surface area contributed by atoms with E-state index in [-0.39, 0.29) is 26.4 Å². The highest BCUT2D eigenvalue weighted by Crippen LogP contribution is 2.39. The first-order valence-electron chi connectivity index (χ1n) is 21.3. The third kappa shape index (κ3) is 13.2. The molecule has 0 atom stereocenters. The Bertz CT molecular complexity index is 1720. The van der Waals surface area contributed by atoms with E-state index in [0.717, 1.165) is 53.2 Å². The van der Waals surface area contributed by atoms with Gasteiger partial charge in [0.05, 0.1) is 33.0 Å². The first kappa shape index (κ1) is 45.5. The second-order valence-corrected chi connectivity index (χ2v) is 16.5. The molecular formula is C50H68O7. The number of carbonyl (C=O) groups excluding carboxylic acids is 2. The standard InChI is InChI=1S/C50H68O7/c1-8-10-25-50(33-51,34-52)26-29-55-47-43(13-11-27-56-48(53)35(3)4)31-45(32-44(47)14-12-28-57-49(54)36(5)6)46-24-23-42(30-38(46)9-2)41-21-19-40(20-22-41)39-17-15-37(7)16-18-39/h19-24,30-32,37,39,51-52H,3,5,8-18,25-29,33-34H2,1-2,4,6-7H3. The Hall–Kier alpha value is -4.20. The molecule has 57 heavy (non-hydrogen) atoms. The smallest absolute Gasteiger partial charge is 0.333 e. The van der Waals surface area contributed by atoms with E-state index < -0.39 is 17.4 Å². The average Bonchev–Trinajstić information content (AvgIpc) is 3.22. The summed E-state index contributed by atoms with van der Waals surface area (Å²) in [6, 6.07) is 20.3. The summed E-state index contributed by atoms with van der Waals surface area (Å²) in [5, 5.41) is 20.7. The fourth-order valence-electron chi connectivity index (χ4n) is 7.87. The van der Waals surface area contributed by atoms with E-state index in [9.17, 15) is 19.8 Å². The first-order valence-corrected chi connectivity index (χ1v) is 21.3. The molecular weight excluding hydrogens is 713 g/mol. The van der Waals surface area contributed by atoms with E-state index in [1.54, 1.807) is 13.8 Å². The summed E-state index contributed by atoms with van der Waals surface area (Å²) in [4.78, 5) is 24.4. The number of ether oxygens (including phenoxy) is 3. The molecule has 0 radical (unpaired) electrons. The predicted octanol–water partition coefficient (Wildman–Crippen LogP) is 10.9. The van der Waals surface area contributed by atoms with Gasteiger partial charge in [0.15, 0.2) is 0 Å². The molecule has 1 aliphatic rings. The third-order valence-corrected chi connectivity index (χ3v) is 11.7. The van der Waals surface area contributed by atoms with Gasteiger partial charge in [-0.25, -0.2) is 9.59 Å². The van der Waals surface area contributed by atoms with Crippen LogP contribution in [0.1, 0.15) is 127 Å². The minimum Gasteiger partial charge on any atom is -0.493 e. The van der Waals surface area contributed by atoms with E-state index in [2.05, 4.69) is 88.5 Å². The molecule has 3 aromatic rings. The van der Waals surface area contributed by atoms with Gasteiger partial charge in [-0.05, 0) is 140 Å². The van der Waals surface area contributed by atoms with Gasteiger partial charge in [0.2, 0.25) is 0 Å². The lowest BCUT2D eigenvalue weighted by Crippen LogP contribution is -2.32. The van der Waals surface area contributed by atoms with Crippen molar-refractivity contribution in [1.82, 2.24) is 0 Å². The second-order valence-electron chi connectivity index (χ2n) is 16.5. The van der Waals surface area contributed by atoms with Crippen molar-refractivity contribution in [3.63, 3.8) is 0 Å². The molecule has 1 aliphatic carbocycles. The molecule has 1 saturated carbocycles. The predicted molar refractivity (Wildman–Crippen MR) is 231 cm³/mol. The van der Waals surface area contributed by atoms with Crippen molar-refractivity contribution in [2.24, 2.45) is 11.3 Å². The number of hydrogen-bond donors (Lipinski definition) is 2. The van der Waals surface area contributed by atoms with E-state index in [0.29, 0.717) is 62.2 Å². The fourth-order valence-corrected chi connectivity index (χ4v) is 7.87. The Labute approximate surface area is 342 Å². The van der Waals surface area contributed by atoms with Crippen LogP contribution in [0, 0.1) is 11.3 Å². The molecule has 7 nitrogen and oxygen atoms in total. The van der Waals surface area contributed by atoms with Crippen LogP contribution in [0.5, 0.6) is 5.75 Å². The maximum atomic E-state index is 12.2. The van der Waals surface area contributed by atoms with Crippen LogP contribution < -0.4 is 4.74 Å². The molecule has 0 amide bonds. The minimum atomic E-state index is -0.629. The fraction of sp³-hybridized carbons (Fsp3) is 0.520. The molecule has 0 unspecified atom stereocenters. The highest BCUT2D eigenvalue weighted by atomic mass is 16.5. The van der Waals surface area contributed by atoms with E-state index >= 15 is 0 Å². The van der Waals surface area contributed by atoms with Crippen LogP contribution in [-0.4, -0.2) is 55.2 Å². The summed E-state index contributed by atoms with van der Waals surface area (Å²) in [5.74, 6) is 1.42. The summed E-state index contributed by atoms with van der Waals surface area (Å²) >= 11 is 0. The van der Waals surface area contributed by atoms with Crippen LogP contribution in [0.25, 0.3) is 22.3 Å². The zero-order valence-electron chi connectivity index (χ0n) is 35.4. The van der Waals surface area contributed by atoms with E-state index in [1.807, 2.05) is 0 Å². The molecule has 0 bridgehead atoms. The average molecular weight is 781 g/mol. The van der Waals surface area contributed by atoms with Gasteiger partial charge in [0.1, 0.15) is 5.75 Å². The monoisotopic (exact) mass is 780 g/mol. The molecule has 0 aliphatic heterocycles. The van der Waals surface area contributed by atoms with Crippen molar-refractivity contribution in [1.29, 1.82) is 0 Å². The molecule has 0 aromatic heterocycles. The van der Waals surface area contributed by atoms with Gasteiger partial charge in [-0.2, -0.15) is 0 Å². The maximum Gasteiger partial charge on any atom is 0.333 e.